The number of nitrogens with two attached hydrogens (primary N) is 1. The molecular weight excluding hydrogens is 390 g/mol. The topological polar surface area (TPSA) is 81.8 Å². The van der Waals surface area contributed by atoms with Gasteiger partial charge in [-0.25, -0.2) is 0 Å². The zero-order chi connectivity index (χ0) is 20.4. The summed E-state index contributed by atoms with van der Waals surface area (Å²) >= 11 is 6.04. The van der Waals surface area contributed by atoms with Gasteiger partial charge < -0.3 is 20.3 Å². The molecule has 29 heavy (non-hydrogen) atoms. The minimum Gasteiger partial charge on any atom is -0.492 e. The van der Waals surface area contributed by atoms with Crippen molar-refractivity contribution in [2.24, 2.45) is 5.73 Å². The molecular formula is C23H20ClNO4. The summed E-state index contributed by atoms with van der Waals surface area (Å²) < 4.78 is 11.9. The van der Waals surface area contributed by atoms with Crippen molar-refractivity contribution in [1.82, 2.24) is 0 Å². The second-order valence-electron chi connectivity index (χ2n) is 6.84. The molecule has 0 aliphatic carbocycles. The standard InChI is InChI=1S/C23H20ClNO4/c24-17-7-5-15(6-8-17)22(14-1-3-16(4-2-14)23(25)27)29-18-9-10-19-20(26)11-12-28-21(19)13-18/h1-10,13,22-23,27H,11-12,25H2/t22-,23?/m1/s1. The lowest BCUT2D eigenvalue weighted by Gasteiger charge is -2.22. The van der Waals surface area contributed by atoms with Crippen LogP contribution in [0.5, 0.6) is 11.5 Å². The van der Waals surface area contributed by atoms with E-state index in [1.807, 2.05) is 24.3 Å². The van der Waals surface area contributed by atoms with Crippen LogP contribution in [0, 0.1) is 0 Å². The Bertz CT molecular complexity index is 1020. The van der Waals surface area contributed by atoms with Crippen molar-refractivity contribution < 1.29 is 19.4 Å². The summed E-state index contributed by atoms with van der Waals surface area (Å²) in [5.74, 6) is 1.19. The maximum absolute atomic E-state index is 12.0. The Morgan fingerprint density at radius 2 is 1.59 bits per heavy atom. The van der Waals surface area contributed by atoms with E-state index >= 15 is 0 Å². The molecule has 0 radical (unpaired) electrons. The molecule has 0 saturated carbocycles. The van der Waals surface area contributed by atoms with Gasteiger partial charge in [-0.3, -0.25) is 4.79 Å². The van der Waals surface area contributed by atoms with Gasteiger partial charge in [0.15, 0.2) is 5.78 Å². The number of benzene rings is 3. The van der Waals surface area contributed by atoms with Crippen molar-refractivity contribution in [3.8, 4) is 11.5 Å². The molecule has 1 aliphatic heterocycles. The number of aliphatic hydroxyl groups is 1. The van der Waals surface area contributed by atoms with E-state index in [0.717, 1.165) is 11.1 Å². The van der Waals surface area contributed by atoms with Crippen molar-refractivity contribution in [3.63, 3.8) is 0 Å². The van der Waals surface area contributed by atoms with Gasteiger partial charge in [0.1, 0.15) is 23.8 Å². The van der Waals surface area contributed by atoms with Crippen LogP contribution in [0.1, 0.15) is 45.8 Å². The molecule has 0 bridgehead atoms. The van der Waals surface area contributed by atoms with Gasteiger partial charge >= 0.3 is 0 Å². The molecule has 6 heteroatoms. The first-order valence-corrected chi connectivity index (χ1v) is 9.65. The number of rotatable bonds is 5. The molecule has 1 heterocycles. The van der Waals surface area contributed by atoms with Gasteiger partial charge in [0.2, 0.25) is 0 Å². The summed E-state index contributed by atoms with van der Waals surface area (Å²) in [7, 11) is 0. The van der Waals surface area contributed by atoms with Gasteiger partial charge in [-0.1, -0.05) is 48.0 Å². The van der Waals surface area contributed by atoms with E-state index in [2.05, 4.69) is 0 Å². The molecule has 0 aromatic heterocycles. The maximum Gasteiger partial charge on any atom is 0.169 e. The summed E-state index contributed by atoms with van der Waals surface area (Å²) in [6.45, 7) is 0.374. The van der Waals surface area contributed by atoms with Gasteiger partial charge in [0, 0.05) is 17.5 Å². The number of carbonyl (C=O) groups excluding carboxylic acids is 1. The molecule has 1 unspecified atom stereocenters. The second-order valence-corrected chi connectivity index (χ2v) is 7.28. The molecule has 148 valence electrons. The largest absolute Gasteiger partial charge is 0.492 e. The molecule has 3 N–H and O–H groups in total. The number of hydrogen-bond donors (Lipinski definition) is 2. The van der Waals surface area contributed by atoms with Gasteiger partial charge in [0.25, 0.3) is 0 Å². The third kappa shape index (κ3) is 4.27. The van der Waals surface area contributed by atoms with E-state index in [-0.39, 0.29) is 5.78 Å². The Hall–Kier alpha value is -2.86. The predicted molar refractivity (Wildman–Crippen MR) is 110 cm³/mol. The Morgan fingerprint density at radius 1 is 0.966 bits per heavy atom. The molecule has 5 nitrogen and oxygen atoms in total. The normalized spacial score (nSPS) is 15.2. The summed E-state index contributed by atoms with van der Waals surface area (Å²) in [5, 5.41) is 10.2. The highest BCUT2D eigenvalue weighted by atomic mass is 35.5. The average Bonchev–Trinajstić information content (AvgIpc) is 2.73. The third-order valence-corrected chi connectivity index (χ3v) is 5.10. The number of aliphatic hydroxyl groups excluding tert-OH is 1. The number of fused-ring (bicyclic) bond motifs is 1. The smallest absolute Gasteiger partial charge is 0.169 e. The minimum atomic E-state index is -1.03. The molecule has 0 saturated heterocycles. The second kappa shape index (κ2) is 8.25. The Labute approximate surface area is 173 Å². The van der Waals surface area contributed by atoms with Crippen LogP contribution in [0.15, 0.2) is 66.7 Å². The van der Waals surface area contributed by atoms with Crippen molar-refractivity contribution >= 4 is 17.4 Å². The summed E-state index contributed by atoms with van der Waals surface area (Å²) in [4.78, 5) is 12.0. The Morgan fingerprint density at radius 3 is 2.24 bits per heavy atom. The highest BCUT2D eigenvalue weighted by Crippen LogP contribution is 2.34. The van der Waals surface area contributed by atoms with Crippen LogP contribution >= 0.6 is 11.6 Å². The number of ether oxygens (including phenoxy) is 2. The lowest BCUT2D eigenvalue weighted by molar-refractivity contribution is 0.0933. The van der Waals surface area contributed by atoms with Gasteiger partial charge in [-0.2, -0.15) is 0 Å². The third-order valence-electron chi connectivity index (χ3n) is 4.85. The van der Waals surface area contributed by atoms with Crippen molar-refractivity contribution in [3.05, 3.63) is 94.0 Å². The van der Waals surface area contributed by atoms with Crippen LogP contribution in [0.4, 0.5) is 0 Å². The van der Waals surface area contributed by atoms with Crippen LogP contribution < -0.4 is 15.2 Å². The lowest BCUT2D eigenvalue weighted by Crippen LogP contribution is -2.16. The minimum absolute atomic E-state index is 0.0722. The van der Waals surface area contributed by atoms with Crippen molar-refractivity contribution in [2.45, 2.75) is 18.8 Å². The van der Waals surface area contributed by atoms with Gasteiger partial charge in [-0.15, -0.1) is 0 Å². The molecule has 3 aromatic carbocycles. The van der Waals surface area contributed by atoms with Crippen LogP contribution in [-0.4, -0.2) is 17.5 Å². The first kappa shape index (κ1) is 19.5. The van der Waals surface area contributed by atoms with Crippen LogP contribution in [0.25, 0.3) is 0 Å². The number of hydrogen-bond acceptors (Lipinski definition) is 5. The highest BCUT2D eigenvalue weighted by molar-refractivity contribution is 6.30. The van der Waals surface area contributed by atoms with E-state index in [1.54, 1.807) is 42.5 Å². The highest BCUT2D eigenvalue weighted by Gasteiger charge is 2.21. The molecule has 2 atom stereocenters. The van der Waals surface area contributed by atoms with Crippen LogP contribution in [-0.2, 0) is 0 Å². The van der Waals surface area contributed by atoms with E-state index in [1.165, 1.54) is 0 Å². The molecule has 0 fully saturated rings. The maximum atomic E-state index is 12.0. The Kier molecular flexibility index (Phi) is 5.53. The van der Waals surface area contributed by atoms with E-state index in [9.17, 15) is 9.90 Å². The zero-order valence-electron chi connectivity index (χ0n) is 15.5. The molecule has 3 aromatic rings. The van der Waals surface area contributed by atoms with Gasteiger partial charge in [-0.05, 0) is 41.0 Å². The van der Waals surface area contributed by atoms with Crippen molar-refractivity contribution in [2.75, 3.05) is 6.61 Å². The van der Waals surface area contributed by atoms with Crippen LogP contribution in [0.3, 0.4) is 0 Å². The summed E-state index contributed by atoms with van der Waals surface area (Å²) in [5.41, 5.74) is 8.52. The molecule has 1 aliphatic rings. The monoisotopic (exact) mass is 409 g/mol. The van der Waals surface area contributed by atoms with E-state index in [4.69, 9.17) is 26.8 Å². The van der Waals surface area contributed by atoms with Crippen LogP contribution in [0.2, 0.25) is 5.02 Å². The summed E-state index contributed by atoms with van der Waals surface area (Å²) in [6, 6.07) is 19.9. The summed E-state index contributed by atoms with van der Waals surface area (Å²) in [6.07, 6.45) is -1.07. The number of ketones is 1. The number of carbonyl (C=O) groups is 1. The van der Waals surface area contributed by atoms with E-state index < -0.39 is 12.3 Å². The van der Waals surface area contributed by atoms with Gasteiger partial charge in [0.05, 0.1) is 12.2 Å². The fourth-order valence-corrected chi connectivity index (χ4v) is 3.41. The molecule has 4 rings (SSSR count). The fourth-order valence-electron chi connectivity index (χ4n) is 3.28. The molecule has 0 spiro atoms. The fraction of sp³-hybridized carbons (Fsp3) is 0.174. The first-order chi connectivity index (χ1) is 14.0. The average molecular weight is 410 g/mol. The first-order valence-electron chi connectivity index (χ1n) is 9.27. The number of halogens is 1. The van der Waals surface area contributed by atoms with E-state index in [0.29, 0.717) is 40.7 Å². The zero-order valence-corrected chi connectivity index (χ0v) is 16.3. The molecule has 0 amide bonds. The SMILES string of the molecule is NC(O)c1ccc([C@@H](Oc2ccc3c(c2)OCCC3=O)c2ccc(Cl)cc2)cc1. The lowest BCUT2D eigenvalue weighted by atomic mass is 9.99. The van der Waals surface area contributed by atoms with Crippen molar-refractivity contribution in [1.29, 1.82) is 0 Å². The quantitative estimate of drug-likeness (QED) is 0.609. The Balaban J connectivity index is 1.69. The number of Topliss-reactive ketones (excluding diaryl/α,β-unsaturated/α-hetero) is 1. The predicted octanol–water partition coefficient (Wildman–Crippen LogP) is 4.42.